The monoisotopic (exact) mass is 307 g/mol. The van der Waals surface area contributed by atoms with Gasteiger partial charge in [-0.05, 0) is 62.7 Å². The van der Waals surface area contributed by atoms with Gasteiger partial charge in [0.2, 0.25) is 11.8 Å². The van der Waals surface area contributed by atoms with Crippen LogP contribution in [0.15, 0.2) is 0 Å². The molecule has 22 heavy (non-hydrogen) atoms. The maximum absolute atomic E-state index is 12.7. The summed E-state index contributed by atoms with van der Waals surface area (Å²) in [6.45, 7) is 0.613. The summed E-state index contributed by atoms with van der Waals surface area (Å²) in [5.41, 5.74) is 2.65. The van der Waals surface area contributed by atoms with Crippen molar-refractivity contribution in [3.05, 3.63) is 0 Å². The Bertz CT molecular complexity index is 412. The van der Waals surface area contributed by atoms with Crippen molar-refractivity contribution in [2.75, 3.05) is 20.6 Å². The summed E-state index contributed by atoms with van der Waals surface area (Å²) in [7, 11) is 3.60. The van der Waals surface area contributed by atoms with Crippen LogP contribution in [0.2, 0.25) is 0 Å². The molecule has 2 amide bonds. The molecule has 0 radical (unpaired) electrons. The molecule has 0 aromatic heterocycles. The van der Waals surface area contributed by atoms with Crippen molar-refractivity contribution in [3.8, 4) is 0 Å². The highest BCUT2D eigenvalue weighted by Gasteiger charge is 2.54. The molecule has 4 rings (SSSR count). The van der Waals surface area contributed by atoms with Gasteiger partial charge in [0.25, 0.3) is 0 Å². The van der Waals surface area contributed by atoms with E-state index < -0.39 is 0 Å². The van der Waals surface area contributed by atoms with Gasteiger partial charge in [-0.15, -0.1) is 0 Å². The number of rotatable bonds is 6. The molecule has 0 saturated heterocycles. The predicted octanol–water partition coefficient (Wildman–Crippen LogP) is 1.69. The SMILES string of the molecule is CN(C)NC(=O)CCCNC(=O)C12CC3CC(CC(C3)C1)C2. The molecule has 4 fully saturated rings. The van der Waals surface area contributed by atoms with Crippen LogP contribution in [0.1, 0.15) is 51.4 Å². The van der Waals surface area contributed by atoms with Gasteiger partial charge in [-0.1, -0.05) is 0 Å². The fourth-order valence-electron chi connectivity index (χ4n) is 5.33. The molecule has 0 unspecified atom stereocenters. The summed E-state index contributed by atoms with van der Waals surface area (Å²) in [5.74, 6) is 2.65. The van der Waals surface area contributed by atoms with Crippen molar-refractivity contribution in [1.29, 1.82) is 0 Å². The van der Waals surface area contributed by atoms with Gasteiger partial charge >= 0.3 is 0 Å². The Labute approximate surface area is 133 Å². The Morgan fingerprint density at radius 1 is 1.05 bits per heavy atom. The molecule has 0 heterocycles. The highest BCUT2D eigenvalue weighted by atomic mass is 16.2. The minimum atomic E-state index is -0.0688. The van der Waals surface area contributed by atoms with E-state index in [1.54, 1.807) is 19.1 Å². The van der Waals surface area contributed by atoms with E-state index >= 15 is 0 Å². The van der Waals surface area contributed by atoms with Crippen molar-refractivity contribution in [3.63, 3.8) is 0 Å². The van der Waals surface area contributed by atoms with Crippen molar-refractivity contribution >= 4 is 11.8 Å². The van der Waals surface area contributed by atoms with E-state index in [2.05, 4.69) is 10.7 Å². The first kappa shape index (κ1) is 15.8. The molecular formula is C17H29N3O2. The van der Waals surface area contributed by atoms with E-state index in [0.29, 0.717) is 19.4 Å². The number of nitrogens with one attached hydrogen (secondary N) is 2. The van der Waals surface area contributed by atoms with Gasteiger partial charge < -0.3 is 5.32 Å². The number of carbonyl (C=O) groups excluding carboxylic acids is 2. The highest BCUT2D eigenvalue weighted by molar-refractivity contribution is 5.83. The molecule has 5 nitrogen and oxygen atoms in total. The molecule has 0 spiro atoms. The maximum atomic E-state index is 12.7. The number of hydrogen-bond acceptors (Lipinski definition) is 3. The molecule has 4 aliphatic carbocycles. The molecule has 0 aromatic rings. The van der Waals surface area contributed by atoms with Gasteiger partial charge in [0.15, 0.2) is 0 Å². The zero-order valence-corrected chi connectivity index (χ0v) is 13.9. The Morgan fingerprint density at radius 2 is 1.59 bits per heavy atom. The number of amides is 2. The van der Waals surface area contributed by atoms with Crippen molar-refractivity contribution in [2.45, 2.75) is 51.4 Å². The molecular weight excluding hydrogens is 278 g/mol. The van der Waals surface area contributed by atoms with Crippen LogP contribution < -0.4 is 10.7 Å². The van der Waals surface area contributed by atoms with E-state index in [0.717, 1.165) is 37.0 Å². The molecule has 4 bridgehead atoms. The average Bonchev–Trinajstić information content (AvgIpc) is 2.41. The third-order valence-electron chi connectivity index (χ3n) is 5.73. The smallest absolute Gasteiger partial charge is 0.234 e. The van der Waals surface area contributed by atoms with Gasteiger partial charge in [0, 0.05) is 32.5 Å². The first-order valence-electron chi connectivity index (χ1n) is 8.72. The summed E-state index contributed by atoms with van der Waals surface area (Å²) < 4.78 is 0. The lowest BCUT2D eigenvalue weighted by molar-refractivity contribution is -0.146. The minimum Gasteiger partial charge on any atom is -0.356 e. The molecule has 2 N–H and O–H groups in total. The number of hydrazine groups is 1. The lowest BCUT2D eigenvalue weighted by Crippen LogP contribution is -2.53. The van der Waals surface area contributed by atoms with E-state index in [9.17, 15) is 9.59 Å². The van der Waals surface area contributed by atoms with Gasteiger partial charge in [-0.2, -0.15) is 0 Å². The van der Waals surface area contributed by atoms with E-state index in [-0.39, 0.29) is 17.2 Å². The van der Waals surface area contributed by atoms with Crippen LogP contribution in [-0.2, 0) is 9.59 Å². The average molecular weight is 307 g/mol. The van der Waals surface area contributed by atoms with Gasteiger partial charge in [0.1, 0.15) is 0 Å². The van der Waals surface area contributed by atoms with Gasteiger partial charge in [-0.25, -0.2) is 5.01 Å². The van der Waals surface area contributed by atoms with Crippen LogP contribution in [0.4, 0.5) is 0 Å². The van der Waals surface area contributed by atoms with Crippen LogP contribution in [0.5, 0.6) is 0 Å². The molecule has 0 aliphatic heterocycles. The normalized spacial score (nSPS) is 35.7. The van der Waals surface area contributed by atoms with Crippen LogP contribution in [0.3, 0.4) is 0 Å². The Balaban J connectivity index is 1.44. The third kappa shape index (κ3) is 3.29. The van der Waals surface area contributed by atoms with Crippen molar-refractivity contribution in [2.24, 2.45) is 23.2 Å². The summed E-state index contributed by atoms with van der Waals surface area (Å²) in [6.07, 6.45) is 8.55. The second-order valence-electron chi connectivity index (χ2n) is 7.99. The van der Waals surface area contributed by atoms with Gasteiger partial charge in [0.05, 0.1) is 0 Å². The molecule has 4 saturated carbocycles. The molecule has 124 valence electrons. The molecule has 0 aromatic carbocycles. The van der Waals surface area contributed by atoms with Crippen molar-refractivity contribution in [1.82, 2.24) is 15.8 Å². The first-order valence-corrected chi connectivity index (χ1v) is 8.72. The summed E-state index contributed by atoms with van der Waals surface area (Å²) in [6, 6.07) is 0. The lowest BCUT2D eigenvalue weighted by Gasteiger charge is -2.55. The Hall–Kier alpha value is -1.10. The standard InChI is InChI=1S/C17H29N3O2/c1-20(2)19-15(21)4-3-5-18-16(22)17-9-12-6-13(10-17)8-14(7-12)11-17/h12-14H,3-11H2,1-2H3,(H,18,22)(H,19,21). The molecule has 0 atom stereocenters. The summed E-state index contributed by atoms with van der Waals surface area (Å²) >= 11 is 0. The van der Waals surface area contributed by atoms with Crippen LogP contribution in [0.25, 0.3) is 0 Å². The Morgan fingerprint density at radius 3 is 2.09 bits per heavy atom. The zero-order chi connectivity index (χ0) is 15.7. The van der Waals surface area contributed by atoms with E-state index in [1.165, 1.54) is 19.3 Å². The highest BCUT2D eigenvalue weighted by Crippen LogP contribution is 2.60. The molecule has 4 aliphatic rings. The second-order valence-corrected chi connectivity index (χ2v) is 7.99. The van der Waals surface area contributed by atoms with E-state index in [1.807, 2.05) is 0 Å². The Kier molecular flexibility index (Phi) is 4.44. The number of nitrogens with zero attached hydrogens (tertiary/aromatic N) is 1. The van der Waals surface area contributed by atoms with Crippen molar-refractivity contribution < 1.29 is 9.59 Å². The van der Waals surface area contributed by atoms with Crippen LogP contribution >= 0.6 is 0 Å². The number of carbonyl (C=O) groups is 2. The van der Waals surface area contributed by atoms with E-state index in [4.69, 9.17) is 0 Å². The number of hydrogen-bond donors (Lipinski definition) is 2. The summed E-state index contributed by atoms with van der Waals surface area (Å²) in [5, 5.41) is 4.76. The topological polar surface area (TPSA) is 61.4 Å². The fraction of sp³-hybridized carbons (Fsp3) is 0.882. The van der Waals surface area contributed by atoms with Gasteiger partial charge in [-0.3, -0.25) is 15.0 Å². The zero-order valence-electron chi connectivity index (χ0n) is 13.9. The second kappa shape index (κ2) is 6.19. The predicted molar refractivity (Wildman–Crippen MR) is 84.7 cm³/mol. The first-order chi connectivity index (χ1) is 10.5. The fourth-order valence-corrected chi connectivity index (χ4v) is 5.33. The van der Waals surface area contributed by atoms with Crippen LogP contribution in [-0.4, -0.2) is 37.5 Å². The van der Waals surface area contributed by atoms with Crippen LogP contribution in [0, 0.1) is 23.2 Å². The maximum Gasteiger partial charge on any atom is 0.234 e. The largest absolute Gasteiger partial charge is 0.356 e. The lowest BCUT2D eigenvalue weighted by atomic mass is 9.49. The summed E-state index contributed by atoms with van der Waals surface area (Å²) in [4.78, 5) is 24.3. The molecule has 5 heteroatoms. The quantitative estimate of drug-likeness (QED) is 0.580. The minimum absolute atomic E-state index is 0.00838. The third-order valence-corrected chi connectivity index (χ3v) is 5.73.